The highest BCUT2D eigenvalue weighted by atomic mass is 16.5. The zero-order valence-electron chi connectivity index (χ0n) is 32.4. The van der Waals surface area contributed by atoms with Crippen LogP contribution in [0.4, 0.5) is 39.3 Å². The average Bonchev–Trinajstić information content (AvgIpc) is 3.30. The second-order valence-corrected chi connectivity index (χ2v) is 14.4. The molecule has 2 N–H and O–H groups in total. The zero-order valence-corrected chi connectivity index (χ0v) is 32.4. The van der Waals surface area contributed by atoms with Crippen LogP contribution in [0.3, 0.4) is 0 Å². The first-order valence-corrected chi connectivity index (χ1v) is 18.6. The molecule has 3 aromatic carbocycles. The van der Waals surface area contributed by atoms with E-state index in [4.69, 9.17) is 9.73 Å². The molecule has 0 unspecified atom stereocenters. The number of fused-ring (bicyclic) bond motifs is 2. The number of amides is 4. The number of aryl methyl sites for hydroxylation is 2. The SMILES string of the molecule is COCCN1C(=O)[C@H](CC(C)C)N=C(c2ccccc2)c2ccc(C(=O)Nc3ccc(C)c(N4Cc5cnc(Nc6ccc(C)nc6)nc5N(C)C4=O)c3)cc21. The van der Waals surface area contributed by atoms with Crippen molar-refractivity contribution in [1.82, 2.24) is 15.0 Å². The molecule has 13 heteroatoms. The van der Waals surface area contributed by atoms with Crippen LogP contribution in [0, 0.1) is 19.8 Å². The highest BCUT2D eigenvalue weighted by Gasteiger charge is 2.34. The van der Waals surface area contributed by atoms with E-state index in [-0.39, 0.29) is 30.3 Å². The van der Waals surface area contributed by atoms with Crippen LogP contribution in [0.15, 0.2) is 96.2 Å². The molecule has 0 aliphatic carbocycles. The maximum atomic E-state index is 14.2. The molecule has 286 valence electrons. The molecule has 4 heterocycles. The molecule has 0 fully saturated rings. The third kappa shape index (κ3) is 7.85. The Morgan fingerprint density at radius 3 is 2.45 bits per heavy atom. The fourth-order valence-corrected chi connectivity index (χ4v) is 6.92. The molecule has 0 bridgehead atoms. The van der Waals surface area contributed by atoms with Crippen LogP contribution in [0.25, 0.3) is 0 Å². The van der Waals surface area contributed by atoms with Gasteiger partial charge in [0.2, 0.25) is 5.95 Å². The summed E-state index contributed by atoms with van der Waals surface area (Å²) in [6, 6.07) is 23.5. The number of aliphatic imine (C=N–C) groups is 1. The van der Waals surface area contributed by atoms with Crippen molar-refractivity contribution in [3.8, 4) is 0 Å². The summed E-state index contributed by atoms with van der Waals surface area (Å²) in [5, 5.41) is 6.18. The van der Waals surface area contributed by atoms with Gasteiger partial charge in [-0.05, 0) is 74.2 Å². The molecule has 0 spiro atoms. The van der Waals surface area contributed by atoms with Crippen molar-refractivity contribution in [2.24, 2.45) is 10.9 Å². The summed E-state index contributed by atoms with van der Waals surface area (Å²) in [6.07, 6.45) is 3.99. The summed E-state index contributed by atoms with van der Waals surface area (Å²) in [6.45, 7) is 8.83. The molecule has 56 heavy (non-hydrogen) atoms. The molecule has 4 amide bonds. The second-order valence-electron chi connectivity index (χ2n) is 14.4. The topological polar surface area (TPSA) is 145 Å². The number of rotatable bonds is 11. The number of nitrogens with one attached hydrogen (secondary N) is 2. The molecule has 13 nitrogen and oxygen atoms in total. The average molecular weight is 752 g/mol. The van der Waals surface area contributed by atoms with Gasteiger partial charge < -0.3 is 20.3 Å². The van der Waals surface area contributed by atoms with Crippen molar-refractivity contribution in [2.45, 2.75) is 46.7 Å². The Hall–Kier alpha value is -6.47. The highest BCUT2D eigenvalue weighted by Crippen LogP contribution is 2.35. The number of nitrogens with zero attached hydrogens (tertiary/aromatic N) is 7. The number of benzene rings is 3. The number of ether oxygens (including phenoxy) is 1. The van der Waals surface area contributed by atoms with E-state index in [1.807, 2.05) is 68.4 Å². The van der Waals surface area contributed by atoms with Gasteiger partial charge in [-0.1, -0.05) is 50.2 Å². The minimum Gasteiger partial charge on any atom is -0.383 e. The number of methoxy groups -OCH3 is 1. The van der Waals surface area contributed by atoms with Crippen LogP contribution in [-0.4, -0.2) is 71.9 Å². The molecule has 0 saturated heterocycles. The summed E-state index contributed by atoms with van der Waals surface area (Å²) < 4.78 is 5.41. The van der Waals surface area contributed by atoms with Crippen molar-refractivity contribution in [3.63, 3.8) is 0 Å². The van der Waals surface area contributed by atoms with Gasteiger partial charge in [0.15, 0.2) is 0 Å². The Labute approximate surface area is 326 Å². The van der Waals surface area contributed by atoms with Crippen LogP contribution >= 0.6 is 0 Å². The lowest BCUT2D eigenvalue weighted by Crippen LogP contribution is -2.46. The van der Waals surface area contributed by atoms with Gasteiger partial charge in [0, 0.05) is 60.5 Å². The van der Waals surface area contributed by atoms with Crippen molar-refractivity contribution >= 4 is 58.1 Å². The van der Waals surface area contributed by atoms with E-state index < -0.39 is 6.04 Å². The van der Waals surface area contributed by atoms with Crippen molar-refractivity contribution in [3.05, 3.63) is 125 Å². The summed E-state index contributed by atoms with van der Waals surface area (Å²) in [5.74, 6) is 0.585. The Balaban J connectivity index is 1.16. The smallest absolute Gasteiger partial charge is 0.330 e. The van der Waals surface area contributed by atoms with Gasteiger partial charge >= 0.3 is 6.03 Å². The fraction of sp³-hybridized carbons (Fsp3) is 0.279. The van der Waals surface area contributed by atoms with E-state index in [1.54, 1.807) is 60.6 Å². The molecule has 5 aromatic rings. The van der Waals surface area contributed by atoms with Gasteiger partial charge in [-0.3, -0.25) is 29.4 Å². The van der Waals surface area contributed by atoms with Crippen LogP contribution < -0.4 is 25.3 Å². The fourth-order valence-electron chi connectivity index (χ4n) is 6.92. The molecule has 7 rings (SSSR count). The van der Waals surface area contributed by atoms with Crippen molar-refractivity contribution in [2.75, 3.05) is 52.6 Å². The number of aromatic nitrogens is 3. The maximum Gasteiger partial charge on any atom is 0.330 e. The Kier molecular flexibility index (Phi) is 10.9. The standard InChI is InChI=1S/C43H45N9O4/c1-26(2)20-35-41(54)51(18-19-56-6)37-21-30(14-17-34(37)38(48-35)29-10-8-7-9-11-29)40(53)46-32-15-12-27(3)36(22-32)52-25-31-23-45-42(49-39(31)50(5)43(52)55)47-33-16-13-28(4)44-24-33/h7-17,21-24,26,35H,18-20,25H2,1-6H3,(H,46,53)(H,45,47,49)/t35-/m0/s1. The summed E-state index contributed by atoms with van der Waals surface area (Å²) >= 11 is 0. The van der Waals surface area contributed by atoms with Crippen molar-refractivity contribution < 1.29 is 19.1 Å². The van der Waals surface area contributed by atoms with Crippen LogP contribution in [0.1, 0.15) is 58.6 Å². The van der Waals surface area contributed by atoms with Gasteiger partial charge in [0.25, 0.3) is 11.8 Å². The molecule has 1 atom stereocenters. The molecule has 2 aliphatic rings. The third-order valence-corrected chi connectivity index (χ3v) is 9.83. The quantitative estimate of drug-likeness (QED) is 0.143. The normalized spacial score (nSPS) is 15.3. The monoisotopic (exact) mass is 751 g/mol. The molecule has 0 radical (unpaired) electrons. The highest BCUT2D eigenvalue weighted by molar-refractivity contribution is 6.21. The predicted octanol–water partition coefficient (Wildman–Crippen LogP) is 7.31. The van der Waals surface area contributed by atoms with Crippen LogP contribution in [0.2, 0.25) is 0 Å². The van der Waals surface area contributed by atoms with Gasteiger partial charge in [0.05, 0.1) is 42.1 Å². The lowest BCUT2D eigenvalue weighted by atomic mass is 9.98. The summed E-state index contributed by atoms with van der Waals surface area (Å²) in [5.41, 5.74) is 7.68. The van der Waals surface area contributed by atoms with Gasteiger partial charge in [0.1, 0.15) is 11.9 Å². The summed E-state index contributed by atoms with van der Waals surface area (Å²) in [4.78, 5) is 65.3. The number of anilines is 6. The minimum atomic E-state index is -0.595. The first kappa shape index (κ1) is 37.8. The predicted molar refractivity (Wildman–Crippen MR) is 219 cm³/mol. The Bertz CT molecular complexity index is 2310. The van der Waals surface area contributed by atoms with E-state index in [1.165, 1.54) is 4.90 Å². The number of benzodiazepines with no additional fused rings is 1. The molecular weight excluding hydrogens is 707 g/mol. The number of hydrogen-bond acceptors (Lipinski definition) is 9. The largest absolute Gasteiger partial charge is 0.383 e. The number of carbonyl (C=O) groups is 3. The van der Waals surface area contributed by atoms with E-state index in [2.05, 4.69) is 39.4 Å². The Morgan fingerprint density at radius 2 is 1.71 bits per heavy atom. The van der Waals surface area contributed by atoms with E-state index in [0.29, 0.717) is 59.7 Å². The number of urea groups is 1. The molecular formula is C43H45N9O4. The van der Waals surface area contributed by atoms with Gasteiger partial charge in [-0.15, -0.1) is 0 Å². The summed E-state index contributed by atoms with van der Waals surface area (Å²) in [7, 11) is 3.28. The van der Waals surface area contributed by atoms with Crippen LogP contribution in [0.5, 0.6) is 0 Å². The van der Waals surface area contributed by atoms with Gasteiger partial charge in [-0.2, -0.15) is 4.98 Å². The maximum absolute atomic E-state index is 14.2. The number of carbonyl (C=O) groups excluding carboxylic acids is 3. The van der Waals surface area contributed by atoms with Crippen LogP contribution in [-0.2, 0) is 16.1 Å². The van der Waals surface area contributed by atoms with E-state index in [0.717, 1.165) is 33.6 Å². The Morgan fingerprint density at radius 1 is 0.929 bits per heavy atom. The molecule has 2 aliphatic heterocycles. The first-order chi connectivity index (χ1) is 27.0. The molecule has 2 aromatic heterocycles. The lowest BCUT2D eigenvalue weighted by molar-refractivity contribution is -0.120. The van der Waals surface area contributed by atoms with Gasteiger partial charge in [-0.25, -0.2) is 9.78 Å². The lowest BCUT2D eigenvalue weighted by Gasteiger charge is -2.35. The minimum absolute atomic E-state index is 0.136. The zero-order chi connectivity index (χ0) is 39.5. The van der Waals surface area contributed by atoms with E-state index >= 15 is 0 Å². The van der Waals surface area contributed by atoms with Crippen molar-refractivity contribution in [1.29, 1.82) is 0 Å². The second kappa shape index (κ2) is 16.1. The molecule has 0 saturated carbocycles. The first-order valence-electron chi connectivity index (χ1n) is 18.6. The third-order valence-electron chi connectivity index (χ3n) is 9.83. The number of pyridine rings is 1. The van der Waals surface area contributed by atoms with E-state index in [9.17, 15) is 14.4 Å². The number of hydrogen-bond donors (Lipinski definition) is 2.